The van der Waals surface area contributed by atoms with E-state index in [2.05, 4.69) is 30.7 Å². The summed E-state index contributed by atoms with van der Waals surface area (Å²) in [6, 6.07) is 8.90. The number of nitrogens with zero attached hydrogens (tertiary/aromatic N) is 6. The summed E-state index contributed by atoms with van der Waals surface area (Å²) in [5.41, 5.74) is 0.908. The first-order valence-electron chi connectivity index (χ1n) is 22.9. The van der Waals surface area contributed by atoms with E-state index < -0.39 is 35.5 Å². The Labute approximate surface area is 389 Å². The van der Waals surface area contributed by atoms with E-state index in [9.17, 15) is 37.1 Å². The highest BCUT2D eigenvalue weighted by Crippen LogP contribution is 2.44. The highest BCUT2D eigenvalue weighted by Gasteiger charge is 2.44. The molecule has 1 unspecified atom stereocenters. The van der Waals surface area contributed by atoms with Gasteiger partial charge in [0.2, 0.25) is 17.8 Å². The van der Waals surface area contributed by atoms with Crippen molar-refractivity contribution >= 4 is 63.6 Å². The third-order valence-electron chi connectivity index (χ3n) is 13.8. The number of likely N-dealkylation sites (N-methyl/N-ethyl adjacent to an activating group) is 1. The van der Waals surface area contributed by atoms with Crippen molar-refractivity contribution in [2.75, 3.05) is 50.1 Å². The lowest BCUT2D eigenvalue weighted by atomic mass is 9.81. The Morgan fingerprint density at radius 2 is 1.72 bits per heavy atom. The summed E-state index contributed by atoms with van der Waals surface area (Å²) in [5, 5.41) is 9.08. The zero-order valence-corrected chi connectivity index (χ0v) is 38.2. The van der Waals surface area contributed by atoms with E-state index in [0.29, 0.717) is 78.6 Å². The second-order valence-electron chi connectivity index (χ2n) is 18.4. The van der Waals surface area contributed by atoms with E-state index in [1.54, 1.807) is 16.8 Å². The van der Waals surface area contributed by atoms with Gasteiger partial charge >= 0.3 is 6.18 Å². The molecule has 6 heterocycles. The van der Waals surface area contributed by atoms with Crippen molar-refractivity contribution in [3.63, 3.8) is 0 Å². The predicted molar refractivity (Wildman–Crippen MR) is 243 cm³/mol. The molecule has 0 spiro atoms. The average molecular weight is 948 g/mol. The number of amides is 4. The molecule has 20 heteroatoms. The molecule has 0 bridgehead atoms. The molecule has 1 atom stereocenters. The van der Waals surface area contributed by atoms with Gasteiger partial charge in [-0.1, -0.05) is 17.7 Å². The van der Waals surface area contributed by atoms with Crippen LogP contribution in [0.15, 0.2) is 47.4 Å². The third-order valence-corrected chi connectivity index (χ3v) is 14.1. The van der Waals surface area contributed by atoms with Crippen molar-refractivity contribution < 1.29 is 41.8 Å². The molecule has 0 radical (unpaired) electrons. The van der Waals surface area contributed by atoms with Crippen molar-refractivity contribution in [3.8, 4) is 5.75 Å². The molecule has 1 saturated carbocycles. The summed E-state index contributed by atoms with van der Waals surface area (Å²) in [7, 11) is 1.50. The molecule has 4 aliphatic heterocycles. The van der Waals surface area contributed by atoms with Crippen LogP contribution in [0.25, 0.3) is 10.9 Å². The summed E-state index contributed by atoms with van der Waals surface area (Å²) < 4.78 is 57.3. The predicted octanol–water partition coefficient (Wildman–Crippen LogP) is 6.07. The summed E-state index contributed by atoms with van der Waals surface area (Å²) in [5.74, 6) is -1.31. The second-order valence-corrected chi connectivity index (χ2v) is 18.8. The number of pyridine rings is 1. The number of anilines is 3. The highest BCUT2D eigenvalue weighted by molar-refractivity contribution is 6.33. The van der Waals surface area contributed by atoms with Crippen LogP contribution in [0.2, 0.25) is 5.02 Å². The molecular formula is C47H53ClF3N9O7. The Bertz CT molecular complexity index is 2660. The molecule has 5 aliphatic rings. The number of carbonyl (C=O) groups is 4. The van der Waals surface area contributed by atoms with E-state index in [1.807, 2.05) is 32.0 Å². The summed E-state index contributed by atoms with van der Waals surface area (Å²) in [4.78, 5) is 77.6. The number of fused-ring (bicyclic) bond motifs is 2. The highest BCUT2D eigenvalue weighted by atomic mass is 35.5. The summed E-state index contributed by atoms with van der Waals surface area (Å²) in [6.07, 6.45) is 1.70. The Morgan fingerprint density at radius 3 is 2.40 bits per heavy atom. The van der Waals surface area contributed by atoms with Crippen LogP contribution in [-0.4, -0.2) is 112 Å². The molecule has 2 aromatic carbocycles. The van der Waals surface area contributed by atoms with Crippen LogP contribution in [-0.2, 0) is 31.8 Å². The van der Waals surface area contributed by atoms with Crippen molar-refractivity contribution in [2.45, 2.75) is 114 Å². The lowest BCUT2D eigenvalue weighted by Gasteiger charge is -2.47. The third kappa shape index (κ3) is 9.54. The molecule has 2 aromatic heterocycles. The number of aromatic nitrogens is 3. The molecule has 1 aliphatic carbocycles. The zero-order chi connectivity index (χ0) is 47.3. The van der Waals surface area contributed by atoms with Crippen LogP contribution in [0, 0.1) is 0 Å². The number of ether oxygens (including phenoxy) is 2. The Kier molecular flexibility index (Phi) is 12.9. The largest absolute Gasteiger partial charge is 0.478 e. The van der Waals surface area contributed by atoms with Gasteiger partial charge in [-0.2, -0.15) is 18.2 Å². The topological polar surface area (TPSA) is 180 Å². The zero-order valence-electron chi connectivity index (χ0n) is 37.5. The first-order chi connectivity index (χ1) is 32.0. The van der Waals surface area contributed by atoms with Gasteiger partial charge in [-0.15, -0.1) is 0 Å². The van der Waals surface area contributed by atoms with E-state index in [4.69, 9.17) is 26.1 Å². The molecule has 356 valence electrons. The van der Waals surface area contributed by atoms with Gasteiger partial charge in [0.15, 0.2) is 18.2 Å². The number of likely N-dealkylation sites (tertiary alicyclic amines) is 1. The maximum atomic E-state index is 14.5. The fourth-order valence-corrected chi connectivity index (χ4v) is 10.3. The summed E-state index contributed by atoms with van der Waals surface area (Å²) >= 11 is 6.58. The molecule has 4 fully saturated rings. The number of nitrogens with one attached hydrogen (secondary N) is 3. The van der Waals surface area contributed by atoms with Gasteiger partial charge in [0.1, 0.15) is 11.1 Å². The standard InChI is InChI=1S/C47H53ClF3N9O7/c1-25(2)60-37-5-4-29(16-27(37)18-39(45(60)65)66-24-41(62)52-3)54-42-36(48)22-53-46(56-42)58-14-10-31(11-15-58)67-32-19-30(20-32)57-12-8-26(9-13-57)33-17-28-23-59(38-6-7-40(61)55-43(38)63)44(64)34(28)21-35(33)47(49,50)51/h4-5,16-18,21-22,25-26,30-32,38H,6-15,19-20,23-24H2,1-3H3,(H,52,62)(H,53,54,56)(H,55,61,63). The average Bonchev–Trinajstić information content (AvgIpc) is 3.61. The number of hydrogen-bond donors (Lipinski definition) is 3. The van der Waals surface area contributed by atoms with Crippen LogP contribution in [0.3, 0.4) is 0 Å². The lowest BCUT2D eigenvalue weighted by Crippen LogP contribution is -2.52. The number of piperidine rings is 3. The van der Waals surface area contributed by atoms with E-state index >= 15 is 0 Å². The minimum Gasteiger partial charge on any atom is -0.478 e. The van der Waals surface area contributed by atoms with Crippen molar-refractivity contribution in [1.29, 1.82) is 0 Å². The van der Waals surface area contributed by atoms with Gasteiger partial charge in [0.05, 0.1) is 29.5 Å². The smallest absolute Gasteiger partial charge is 0.416 e. The van der Waals surface area contributed by atoms with E-state index in [0.717, 1.165) is 37.1 Å². The number of halogens is 4. The van der Waals surface area contributed by atoms with E-state index in [1.165, 1.54) is 18.0 Å². The molecule has 3 saturated heterocycles. The molecule has 3 N–H and O–H groups in total. The monoisotopic (exact) mass is 947 g/mol. The molecule has 4 amide bonds. The Hall–Kier alpha value is -5.79. The van der Waals surface area contributed by atoms with Gasteiger partial charge in [0, 0.05) is 61.8 Å². The SMILES string of the molecule is CNC(=O)COc1cc2cc(Nc3nc(N4CCC(OC5CC(N6CCC(c7cc8c(cc7C(F)(F)F)C(=O)N(C7CCC(=O)NC7=O)C8)CC6)C5)CC4)ncc3Cl)ccc2n(C(C)C)c1=O. The minimum atomic E-state index is -4.65. The fourth-order valence-electron chi connectivity index (χ4n) is 10.2. The Balaban J connectivity index is 0.764. The first kappa shape index (κ1) is 46.3. The lowest BCUT2D eigenvalue weighted by molar-refractivity contribution is -0.139. The number of hydrogen-bond acceptors (Lipinski definition) is 12. The van der Waals surface area contributed by atoms with Gasteiger partial charge in [0.25, 0.3) is 17.4 Å². The van der Waals surface area contributed by atoms with Crippen LogP contribution in [0.5, 0.6) is 5.75 Å². The van der Waals surface area contributed by atoms with Gasteiger partial charge in [-0.3, -0.25) is 29.3 Å². The minimum absolute atomic E-state index is 0.0295. The van der Waals surface area contributed by atoms with Crippen LogP contribution >= 0.6 is 11.6 Å². The molecule has 67 heavy (non-hydrogen) atoms. The van der Waals surface area contributed by atoms with Crippen molar-refractivity contribution in [3.05, 3.63) is 80.2 Å². The normalized spacial score (nSPS) is 22.0. The van der Waals surface area contributed by atoms with Crippen LogP contribution in [0.1, 0.15) is 104 Å². The fraction of sp³-hybridized carbons (Fsp3) is 0.511. The van der Waals surface area contributed by atoms with Gasteiger partial charge in [-0.05, 0) is 119 Å². The Morgan fingerprint density at radius 1 is 0.970 bits per heavy atom. The summed E-state index contributed by atoms with van der Waals surface area (Å²) in [6.45, 7) is 6.23. The molecule has 4 aromatic rings. The van der Waals surface area contributed by atoms with Crippen molar-refractivity contribution in [2.24, 2.45) is 0 Å². The first-order valence-corrected chi connectivity index (χ1v) is 23.3. The van der Waals surface area contributed by atoms with Gasteiger partial charge in [-0.25, -0.2) is 4.98 Å². The molecule has 16 nitrogen and oxygen atoms in total. The molecule has 9 rings (SSSR count). The number of benzene rings is 2. The van der Waals surface area contributed by atoms with E-state index in [-0.39, 0.29) is 78.5 Å². The maximum absolute atomic E-state index is 14.5. The second kappa shape index (κ2) is 18.7. The quantitative estimate of drug-likeness (QED) is 0.140. The number of rotatable bonds is 12. The van der Waals surface area contributed by atoms with Gasteiger partial charge < -0.3 is 39.4 Å². The molecular weight excluding hydrogens is 895 g/mol. The number of imide groups is 1. The van der Waals surface area contributed by atoms with Crippen LogP contribution in [0.4, 0.5) is 30.6 Å². The number of alkyl halides is 3. The maximum Gasteiger partial charge on any atom is 0.416 e. The van der Waals surface area contributed by atoms with Crippen LogP contribution < -0.4 is 31.1 Å². The number of carbonyl (C=O) groups excluding carboxylic acids is 4. The van der Waals surface area contributed by atoms with Crippen molar-refractivity contribution in [1.82, 2.24) is 35.0 Å².